The minimum Gasteiger partial charge on any atom is -0.326 e. The molecule has 0 aliphatic carbocycles. The summed E-state index contributed by atoms with van der Waals surface area (Å²) in [6.45, 7) is 2.69. The van der Waals surface area contributed by atoms with Crippen LogP contribution in [-0.2, 0) is 15.8 Å². The number of sulfonamides is 1. The third-order valence-corrected chi connectivity index (χ3v) is 5.44. The number of nitrogens with zero attached hydrogens (tertiary/aromatic N) is 1. The third-order valence-electron chi connectivity index (χ3n) is 3.36. The Bertz CT molecular complexity index is 573. The highest BCUT2D eigenvalue weighted by Crippen LogP contribution is 2.22. The molecule has 1 aromatic rings. The van der Waals surface area contributed by atoms with Gasteiger partial charge in [0, 0.05) is 19.1 Å². The van der Waals surface area contributed by atoms with E-state index in [2.05, 4.69) is 0 Å². The van der Waals surface area contributed by atoms with Gasteiger partial charge in [-0.2, -0.15) is 4.31 Å². The van der Waals surface area contributed by atoms with Gasteiger partial charge in [-0.3, -0.25) is 0 Å². The summed E-state index contributed by atoms with van der Waals surface area (Å²) < 4.78 is 38.9. The lowest BCUT2D eigenvalue weighted by atomic mass is 10.1. The molecule has 2 atom stereocenters. The first-order chi connectivity index (χ1) is 8.79. The molecule has 2 rings (SSSR count). The molecule has 2 unspecified atom stereocenters. The largest absolute Gasteiger partial charge is 0.326 e. The highest BCUT2D eigenvalue weighted by atomic mass is 35.5. The van der Waals surface area contributed by atoms with Crippen LogP contribution < -0.4 is 5.73 Å². The maximum atomic E-state index is 13.0. The summed E-state index contributed by atoms with van der Waals surface area (Å²) in [6, 6.07) is 3.81. The first kappa shape index (κ1) is 17.7. The molecule has 20 heavy (non-hydrogen) atoms. The number of hydrogen-bond acceptors (Lipinski definition) is 3. The minimum absolute atomic E-state index is 0. The third kappa shape index (κ3) is 3.83. The van der Waals surface area contributed by atoms with Gasteiger partial charge in [-0.1, -0.05) is 24.6 Å². The molecule has 1 aromatic carbocycles. The second-order valence-electron chi connectivity index (χ2n) is 4.96. The van der Waals surface area contributed by atoms with Crippen molar-refractivity contribution >= 4 is 34.0 Å². The Morgan fingerprint density at radius 1 is 1.45 bits per heavy atom. The molecule has 2 N–H and O–H groups in total. The van der Waals surface area contributed by atoms with E-state index in [1.165, 1.54) is 22.5 Å². The van der Waals surface area contributed by atoms with Crippen LogP contribution in [-0.4, -0.2) is 31.9 Å². The Balaban J connectivity index is 0.00000200. The molecule has 1 saturated heterocycles. The average molecular weight is 343 g/mol. The van der Waals surface area contributed by atoms with Gasteiger partial charge in [0.25, 0.3) is 0 Å². The van der Waals surface area contributed by atoms with Gasteiger partial charge in [-0.25, -0.2) is 12.8 Å². The SMILES string of the molecule is CC1CN(S(=O)(=O)Cc2ccc(F)c(Cl)c2)CC1N.Cl. The van der Waals surface area contributed by atoms with Crippen LogP contribution in [0.2, 0.25) is 5.02 Å². The summed E-state index contributed by atoms with van der Waals surface area (Å²) in [4.78, 5) is 0. The quantitative estimate of drug-likeness (QED) is 0.913. The van der Waals surface area contributed by atoms with E-state index in [1.54, 1.807) is 0 Å². The summed E-state index contributed by atoms with van der Waals surface area (Å²) >= 11 is 5.65. The van der Waals surface area contributed by atoms with Gasteiger partial charge >= 0.3 is 0 Å². The molecule has 8 heteroatoms. The van der Waals surface area contributed by atoms with Gasteiger partial charge in [-0.15, -0.1) is 12.4 Å². The number of nitrogens with two attached hydrogens (primary N) is 1. The summed E-state index contributed by atoms with van der Waals surface area (Å²) in [6.07, 6.45) is 0. The molecule has 0 amide bonds. The Hall–Kier alpha value is -0.400. The molecule has 1 fully saturated rings. The maximum Gasteiger partial charge on any atom is 0.218 e. The first-order valence-corrected chi connectivity index (χ1v) is 7.95. The molecular formula is C12H17Cl2FN2O2S. The zero-order valence-electron chi connectivity index (χ0n) is 10.9. The summed E-state index contributed by atoms with van der Waals surface area (Å²) in [5, 5.41) is -0.0702. The number of halogens is 3. The topological polar surface area (TPSA) is 63.4 Å². The molecule has 1 aliphatic rings. The molecular weight excluding hydrogens is 326 g/mol. The second kappa shape index (κ2) is 6.58. The molecule has 114 valence electrons. The van der Waals surface area contributed by atoms with Crippen molar-refractivity contribution in [2.45, 2.75) is 18.7 Å². The predicted octanol–water partition coefficient (Wildman–Crippen LogP) is 2.01. The fourth-order valence-electron chi connectivity index (χ4n) is 2.10. The predicted molar refractivity (Wildman–Crippen MR) is 80.0 cm³/mol. The Morgan fingerprint density at radius 2 is 2.10 bits per heavy atom. The number of benzene rings is 1. The fraction of sp³-hybridized carbons (Fsp3) is 0.500. The van der Waals surface area contributed by atoms with E-state index in [0.717, 1.165) is 0 Å². The van der Waals surface area contributed by atoms with Crippen LogP contribution in [0.5, 0.6) is 0 Å². The fourth-order valence-corrected chi connectivity index (χ4v) is 3.95. The Morgan fingerprint density at radius 3 is 2.60 bits per heavy atom. The average Bonchev–Trinajstić information content (AvgIpc) is 2.65. The van der Waals surface area contributed by atoms with E-state index in [0.29, 0.717) is 18.7 Å². The zero-order chi connectivity index (χ0) is 14.2. The maximum absolute atomic E-state index is 13.0. The van der Waals surface area contributed by atoms with Crippen LogP contribution >= 0.6 is 24.0 Å². The normalized spacial score (nSPS) is 23.6. The minimum atomic E-state index is -3.44. The highest BCUT2D eigenvalue weighted by Gasteiger charge is 2.34. The van der Waals surface area contributed by atoms with Gasteiger partial charge in [-0.05, 0) is 23.6 Å². The molecule has 1 heterocycles. The molecule has 4 nitrogen and oxygen atoms in total. The van der Waals surface area contributed by atoms with Crippen molar-refractivity contribution in [2.75, 3.05) is 13.1 Å². The Labute approximate surface area is 129 Å². The molecule has 0 spiro atoms. The lowest BCUT2D eigenvalue weighted by Gasteiger charge is -2.16. The van der Waals surface area contributed by atoms with Gasteiger partial charge in [0.1, 0.15) is 5.82 Å². The molecule has 0 saturated carbocycles. The van der Waals surface area contributed by atoms with Crippen LogP contribution in [0.25, 0.3) is 0 Å². The first-order valence-electron chi connectivity index (χ1n) is 5.97. The van der Waals surface area contributed by atoms with Crippen LogP contribution in [0.4, 0.5) is 4.39 Å². The van der Waals surface area contributed by atoms with Crippen molar-refractivity contribution in [3.8, 4) is 0 Å². The van der Waals surface area contributed by atoms with Crippen LogP contribution in [0.15, 0.2) is 18.2 Å². The van der Waals surface area contributed by atoms with E-state index < -0.39 is 15.8 Å². The monoisotopic (exact) mass is 342 g/mol. The van der Waals surface area contributed by atoms with E-state index in [4.69, 9.17) is 17.3 Å². The van der Waals surface area contributed by atoms with Crippen LogP contribution in [0.3, 0.4) is 0 Å². The van der Waals surface area contributed by atoms with Gasteiger partial charge < -0.3 is 5.73 Å². The standard InChI is InChI=1S/C12H16ClFN2O2S.ClH/c1-8-5-16(6-12(8)15)19(17,18)7-9-2-3-11(14)10(13)4-9;/h2-4,8,12H,5-7,15H2,1H3;1H. The Kier molecular flexibility index (Phi) is 5.80. The van der Waals surface area contributed by atoms with Crippen molar-refractivity contribution in [3.63, 3.8) is 0 Å². The van der Waals surface area contributed by atoms with Crippen LogP contribution in [0.1, 0.15) is 12.5 Å². The van der Waals surface area contributed by atoms with E-state index in [-0.39, 0.29) is 35.1 Å². The molecule has 0 bridgehead atoms. The van der Waals surface area contributed by atoms with Gasteiger partial charge in [0.15, 0.2) is 0 Å². The summed E-state index contributed by atoms with van der Waals surface area (Å²) in [7, 11) is -3.44. The van der Waals surface area contributed by atoms with Crippen molar-refractivity contribution in [1.82, 2.24) is 4.31 Å². The van der Waals surface area contributed by atoms with E-state index in [1.807, 2.05) is 6.92 Å². The highest BCUT2D eigenvalue weighted by molar-refractivity contribution is 7.88. The lowest BCUT2D eigenvalue weighted by Crippen LogP contribution is -2.33. The van der Waals surface area contributed by atoms with E-state index in [9.17, 15) is 12.8 Å². The van der Waals surface area contributed by atoms with Crippen molar-refractivity contribution < 1.29 is 12.8 Å². The van der Waals surface area contributed by atoms with Crippen molar-refractivity contribution in [1.29, 1.82) is 0 Å². The molecule has 0 aromatic heterocycles. The van der Waals surface area contributed by atoms with Gasteiger partial charge in [0.05, 0.1) is 10.8 Å². The number of rotatable bonds is 3. The van der Waals surface area contributed by atoms with Gasteiger partial charge in [0.2, 0.25) is 10.0 Å². The summed E-state index contributed by atoms with van der Waals surface area (Å²) in [5.74, 6) is -0.599. The molecule has 1 aliphatic heterocycles. The number of hydrogen-bond donors (Lipinski definition) is 1. The van der Waals surface area contributed by atoms with E-state index >= 15 is 0 Å². The molecule has 0 radical (unpaired) electrons. The van der Waals surface area contributed by atoms with Crippen molar-refractivity contribution in [3.05, 3.63) is 34.6 Å². The smallest absolute Gasteiger partial charge is 0.218 e. The second-order valence-corrected chi connectivity index (χ2v) is 7.34. The van der Waals surface area contributed by atoms with Crippen LogP contribution in [0, 0.1) is 11.7 Å². The lowest BCUT2D eigenvalue weighted by molar-refractivity contribution is 0.463. The summed E-state index contributed by atoms with van der Waals surface area (Å²) in [5.41, 5.74) is 6.30. The zero-order valence-corrected chi connectivity index (χ0v) is 13.3. The van der Waals surface area contributed by atoms with Crippen molar-refractivity contribution in [2.24, 2.45) is 11.7 Å².